The summed E-state index contributed by atoms with van der Waals surface area (Å²) in [4.78, 5) is 10.3. The van der Waals surface area contributed by atoms with Gasteiger partial charge in [-0.3, -0.25) is 10.1 Å². The molecule has 0 amide bonds. The lowest BCUT2D eigenvalue weighted by Crippen LogP contribution is -2.55. The van der Waals surface area contributed by atoms with Crippen LogP contribution < -0.4 is 5.32 Å². The van der Waals surface area contributed by atoms with Gasteiger partial charge in [-0.05, 0) is 13.0 Å². The largest absolute Gasteiger partial charge is 0.388 e. The number of nitro benzene ring substituents is 1. The molecule has 4 atom stereocenters. The molecule has 0 radical (unpaired) electrons. The Morgan fingerprint density at radius 3 is 2.70 bits per heavy atom. The highest BCUT2D eigenvalue weighted by Gasteiger charge is 2.37. The van der Waals surface area contributed by atoms with E-state index >= 15 is 0 Å². The molecule has 1 aliphatic rings. The number of rotatable bonds is 3. The van der Waals surface area contributed by atoms with Gasteiger partial charge in [0.1, 0.15) is 18.3 Å². The predicted molar refractivity (Wildman–Crippen MR) is 69.2 cm³/mol. The van der Waals surface area contributed by atoms with Gasteiger partial charge in [-0.2, -0.15) is 0 Å². The minimum absolute atomic E-state index is 0.0547. The van der Waals surface area contributed by atoms with E-state index in [9.17, 15) is 25.4 Å². The van der Waals surface area contributed by atoms with Crippen LogP contribution in [0.25, 0.3) is 0 Å². The summed E-state index contributed by atoms with van der Waals surface area (Å²) in [5.74, 6) is 0. The van der Waals surface area contributed by atoms with Gasteiger partial charge in [0, 0.05) is 17.3 Å². The molecule has 0 spiro atoms. The van der Waals surface area contributed by atoms with Crippen LogP contribution in [-0.4, -0.2) is 51.4 Å². The molecule has 0 aliphatic carbocycles. The number of aryl methyl sites for hydroxylation is 1. The van der Waals surface area contributed by atoms with Crippen LogP contribution in [0.5, 0.6) is 0 Å². The second-order valence-electron chi connectivity index (χ2n) is 4.71. The number of hydrogen-bond acceptors (Lipinski definition) is 7. The van der Waals surface area contributed by atoms with E-state index < -0.39 is 29.5 Å². The van der Waals surface area contributed by atoms with Crippen LogP contribution in [0.15, 0.2) is 18.2 Å². The van der Waals surface area contributed by atoms with Crippen LogP contribution in [0.4, 0.5) is 11.4 Å². The van der Waals surface area contributed by atoms with Crippen molar-refractivity contribution in [2.24, 2.45) is 0 Å². The normalized spacial score (nSPS) is 30.0. The summed E-state index contributed by atoms with van der Waals surface area (Å²) in [6, 6.07) is 4.50. The van der Waals surface area contributed by atoms with Crippen molar-refractivity contribution in [2.75, 3.05) is 11.9 Å². The minimum Gasteiger partial charge on any atom is -0.388 e. The topological polar surface area (TPSA) is 125 Å². The molecule has 20 heavy (non-hydrogen) atoms. The molecule has 0 saturated carbocycles. The van der Waals surface area contributed by atoms with Gasteiger partial charge in [0.25, 0.3) is 5.69 Å². The number of anilines is 1. The lowest BCUT2D eigenvalue weighted by Gasteiger charge is -2.35. The highest BCUT2D eigenvalue weighted by Crippen LogP contribution is 2.24. The summed E-state index contributed by atoms with van der Waals surface area (Å²) in [6.45, 7) is 1.48. The van der Waals surface area contributed by atoms with E-state index in [0.29, 0.717) is 11.3 Å². The van der Waals surface area contributed by atoms with Crippen LogP contribution in [0.3, 0.4) is 0 Å². The zero-order valence-electron chi connectivity index (χ0n) is 10.8. The molecule has 0 bridgehead atoms. The van der Waals surface area contributed by atoms with Crippen molar-refractivity contribution in [3.8, 4) is 0 Å². The molecule has 1 saturated heterocycles. The van der Waals surface area contributed by atoms with E-state index in [1.54, 1.807) is 19.1 Å². The third-order valence-electron chi connectivity index (χ3n) is 3.22. The molecule has 1 aliphatic heterocycles. The maximum atomic E-state index is 10.8. The molecule has 4 N–H and O–H groups in total. The van der Waals surface area contributed by atoms with Gasteiger partial charge >= 0.3 is 0 Å². The van der Waals surface area contributed by atoms with E-state index in [2.05, 4.69) is 5.32 Å². The van der Waals surface area contributed by atoms with Crippen LogP contribution >= 0.6 is 0 Å². The maximum absolute atomic E-state index is 10.8. The van der Waals surface area contributed by atoms with Crippen LogP contribution in [0, 0.1) is 17.0 Å². The van der Waals surface area contributed by atoms with Gasteiger partial charge in [-0.1, -0.05) is 6.07 Å². The van der Waals surface area contributed by atoms with E-state index in [1.165, 1.54) is 6.07 Å². The molecule has 8 heteroatoms. The lowest BCUT2D eigenvalue weighted by atomic mass is 10.0. The molecule has 8 nitrogen and oxygen atoms in total. The molecule has 1 aromatic carbocycles. The van der Waals surface area contributed by atoms with Gasteiger partial charge in [-0.15, -0.1) is 0 Å². The van der Waals surface area contributed by atoms with Crippen molar-refractivity contribution in [2.45, 2.75) is 31.5 Å². The molecule has 1 aromatic rings. The highest BCUT2D eigenvalue weighted by molar-refractivity contribution is 5.55. The summed E-state index contributed by atoms with van der Waals surface area (Å²) in [7, 11) is 0. The van der Waals surface area contributed by atoms with Gasteiger partial charge in [-0.25, -0.2) is 0 Å². The van der Waals surface area contributed by atoms with Crippen molar-refractivity contribution in [1.29, 1.82) is 0 Å². The molecule has 1 fully saturated rings. The Kier molecular flexibility index (Phi) is 4.19. The molecule has 0 unspecified atom stereocenters. The zero-order chi connectivity index (χ0) is 14.9. The summed E-state index contributed by atoms with van der Waals surface area (Å²) >= 11 is 0. The second kappa shape index (κ2) is 5.71. The smallest absolute Gasteiger partial charge is 0.274 e. The average Bonchev–Trinajstić information content (AvgIpc) is 2.41. The third-order valence-corrected chi connectivity index (χ3v) is 3.22. The second-order valence-corrected chi connectivity index (χ2v) is 4.71. The van der Waals surface area contributed by atoms with E-state index in [0.717, 1.165) is 0 Å². The standard InChI is InChI=1S/C12H16N2O6/c1-6-2-3-7(4-8(6)14(18)19)13-12-11(17)10(16)9(15)5-20-12/h2-4,9-13,15-17H,5H2,1H3/t9-,10-,11+,12-/m0/s1. The Labute approximate surface area is 114 Å². The van der Waals surface area contributed by atoms with E-state index in [1.807, 2.05) is 0 Å². The fourth-order valence-electron chi connectivity index (χ4n) is 1.99. The van der Waals surface area contributed by atoms with Gasteiger partial charge in [0.05, 0.1) is 11.5 Å². The van der Waals surface area contributed by atoms with Gasteiger partial charge in [0.15, 0.2) is 6.23 Å². The minimum atomic E-state index is -1.33. The first-order valence-corrected chi connectivity index (χ1v) is 6.07. The highest BCUT2D eigenvalue weighted by atomic mass is 16.6. The van der Waals surface area contributed by atoms with Crippen molar-refractivity contribution < 1.29 is 25.0 Å². The molecule has 2 rings (SSSR count). The van der Waals surface area contributed by atoms with Gasteiger partial charge < -0.3 is 25.4 Å². The summed E-state index contributed by atoms with van der Waals surface area (Å²) in [6.07, 6.45) is -4.77. The monoisotopic (exact) mass is 284 g/mol. The predicted octanol–water partition coefficient (Wildman–Crippen LogP) is -0.246. The number of nitrogens with zero attached hydrogens (tertiary/aromatic N) is 1. The first-order chi connectivity index (χ1) is 9.40. The molecular formula is C12H16N2O6. The molecule has 110 valence electrons. The first kappa shape index (κ1) is 14.7. The zero-order valence-corrected chi connectivity index (χ0v) is 10.8. The third kappa shape index (κ3) is 2.88. The summed E-state index contributed by atoms with van der Waals surface area (Å²) < 4.78 is 5.17. The Hall–Kier alpha value is -1.74. The van der Waals surface area contributed by atoms with Crippen molar-refractivity contribution >= 4 is 11.4 Å². The van der Waals surface area contributed by atoms with E-state index in [4.69, 9.17) is 4.74 Å². The number of ether oxygens (including phenoxy) is 1. The van der Waals surface area contributed by atoms with Crippen LogP contribution in [0.2, 0.25) is 0 Å². The Balaban J connectivity index is 2.14. The summed E-state index contributed by atoms with van der Waals surface area (Å²) in [5.41, 5.74) is 0.844. The average molecular weight is 284 g/mol. The van der Waals surface area contributed by atoms with E-state index in [-0.39, 0.29) is 12.3 Å². The van der Waals surface area contributed by atoms with Crippen molar-refractivity contribution in [1.82, 2.24) is 0 Å². The van der Waals surface area contributed by atoms with Gasteiger partial charge in [0.2, 0.25) is 0 Å². The fraction of sp³-hybridized carbons (Fsp3) is 0.500. The fourth-order valence-corrected chi connectivity index (χ4v) is 1.99. The molecule has 0 aromatic heterocycles. The molecule has 1 heterocycles. The first-order valence-electron chi connectivity index (χ1n) is 6.07. The number of aliphatic hydroxyl groups excluding tert-OH is 3. The Morgan fingerprint density at radius 1 is 1.35 bits per heavy atom. The lowest BCUT2D eigenvalue weighted by molar-refractivity contribution is -0.385. The van der Waals surface area contributed by atoms with Crippen molar-refractivity contribution in [3.63, 3.8) is 0 Å². The number of aliphatic hydroxyl groups is 3. The Bertz CT molecular complexity index is 509. The van der Waals surface area contributed by atoms with Crippen molar-refractivity contribution in [3.05, 3.63) is 33.9 Å². The SMILES string of the molecule is Cc1ccc(N[C@H]2OC[C@H](O)[C@H](O)[C@H]2O)cc1[N+](=O)[O-]. The van der Waals surface area contributed by atoms with Crippen LogP contribution in [0.1, 0.15) is 5.56 Å². The number of nitrogens with one attached hydrogen (secondary N) is 1. The molecular weight excluding hydrogens is 268 g/mol. The summed E-state index contributed by atoms with van der Waals surface area (Å²) in [5, 5.41) is 42.3. The number of hydrogen-bond donors (Lipinski definition) is 4. The number of nitro groups is 1. The quantitative estimate of drug-likeness (QED) is 0.445. The number of benzene rings is 1. The maximum Gasteiger partial charge on any atom is 0.274 e. The van der Waals surface area contributed by atoms with Crippen LogP contribution in [-0.2, 0) is 4.74 Å². The Morgan fingerprint density at radius 2 is 2.05 bits per heavy atom.